The van der Waals surface area contributed by atoms with Crippen molar-refractivity contribution in [3.05, 3.63) is 71.8 Å². The van der Waals surface area contributed by atoms with Crippen molar-refractivity contribution < 1.29 is 14.3 Å². The van der Waals surface area contributed by atoms with E-state index in [1.807, 2.05) is 63.2 Å². The van der Waals surface area contributed by atoms with E-state index in [1.165, 1.54) is 5.39 Å². The topological polar surface area (TPSA) is 47.6 Å². The lowest BCUT2D eigenvalue weighted by molar-refractivity contribution is -0.128. The number of rotatable bonds is 8. The Balaban J connectivity index is 1.49. The molecule has 1 N–H and O–H groups in total. The fourth-order valence-electron chi connectivity index (χ4n) is 3.20. The van der Waals surface area contributed by atoms with Crippen LogP contribution < -0.4 is 14.8 Å². The lowest BCUT2D eigenvalue weighted by Crippen LogP contribution is -2.39. The summed E-state index contributed by atoms with van der Waals surface area (Å²) in [5.74, 6) is 1.40. The molecule has 0 bridgehead atoms. The second kappa shape index (κ2) is 9.27. The molecule has 0 fully saturated rings. The number of hydrogen-bond acceptors (Lipinski definition) is 3. The van der Waals surface area contributed by atoms with Gasteiger partial charge in [-0.25, -0.2) is 0 Å². The smallest absolute Gasteiger partial charge is 0.261 e. The van der Waals surface area contributed by atoms with Crippen LogP contribution in [-0.4, -0.2) is 25.2 Å². The van der Waals surface area contributed by atoms with Crippen LogP contribution in [0.1, 0.15) is 24.5 Å². The van der Waals surface area contributed by atoms with Gasteiger partial charge < -0.3 is 14.8 Å². The first-order valence-corrected chi connectivity index (χ1v) is 9.69. The molecule has 3 rings (SSSR count). The number of benzene rings is 3. The number of amides is 1. The van der Waals surface area contributed by atoms with E-state index in [4.69, 9.17) is 9.47 Å². The number of hydrogen-bond donors (Lipinski definition) is 1. The van der Waals surface area contributed by atoms with Crippen molar-refractivity contribution in [2.24, 2.45) is 0 Å². The molecule has 0 saturated heterocycles. The molecule has 0 unspecified atom stereocenters. The zero-order valence-electron chi connectivity index (χ0n) is 16.7. The zero-order valence-corrected chi connectivity index (χ0v) is 16.7. The summed E-state index contributed by atoms with van der Waals surface area (Å²) < 4.78 is 11.7. The molecule has 3 aromatic rings. The first kappa shape index (κ1) is 19.7. The zero-order chi connectivity index (χ0) is 19.9. The van der Waals surface area contributed by atoms with Gasteiger partial charge in [0.25, 0.3) is 5.91 Å². The van der Waals surface area contributed by atoms with Crippen LogP contribution in [0.5, 0.6) is 11.5 Å². The maximum atomic E-state index is 12.4. The predicted octanol–water partition coefficient (Wildman–Crippen LogP) is 4.81. The third-order valence-corrected chi connectivity index (χ3v) is 4.53. The highest BCUT2D eigenvalue weighted by Crippen LogP contribution is 2.20. The highest BCUT2D eigenvalue weighted by molar-refractivity contribution is 5.83. The van der Waals surface area contributed by atoms with E-state index in [0.717, 1.165) is 28.0 Å². The van der Waals surface area contributed by atoms with E-state index < -0.39 is 6.10 Å². The maximum Gasteiger partial charge on any atom is 0.261 e. The van der Waals surface area contributed by atoms with Gasteiger partial charge in [0.2, 0.25) is 0 Å². The van der Waals surface area contributed by atoms with E-state index >= 15 is 0 Å². The van der Waals surface area contributed by atoms with Crippen LogP contribution >= 0.6 is 0 Å². The average molecular weight is 377 g/mol. The second-order valence-electron chi connectivity index (χ2n) is 6.99. The van der Waals surface area contributed by atoms with Crippen molar-refractivity contribution in [3.8, 4) is 11.5 Å². The van der Waals surface area contributed by atoms with Crippen LogP contribution in [0.3, 0.4) is 0 Å². The van der Waals surface area contributed by atoms with Crippen molar-refractivity contribution in [3.63, 3.8) is 0 Å². The number of carbonyl (C=O) groups is 1. The Hall–Kier alpha value is -3.01. The maximum absolute atomic E-state index is 12.4. The summed E-state index contributed by atoms with van der Waals surface area (Å²) in [4.78, 5) is 12.4. The molecule has 146 valence electrons. The summed E-state index contributed by atoms with van der Waals surface area (Å²) in [6.45, 7) is 6.82. The van der Waals surface area contributed by atoms with Crippen LogP contribution in [0, 0.1) is 13.8 Å². The van der Waals surface area contributed by atoms with Gasteiger partial charge in [-0.2, -0.15) is 0 Å². The Morgan fingerprint density at radius 2 is 1.64 bits per heavy atom. The molecule has 28 heavy (non-hydrogen) atoms. The van der Waals surface area contributed by atoms with Gasteiger partial charge in [-0.1, -0.05) is 43.3 Å². The van der Waals surface area contributed by atoms with Gasteiger partial charge in [-0.15, -0.1) is 0 Å². The summed E-state index contributed by atoms with van der Waals surface area (Å²) in [5, 5.41) is 5.22. The van der Waals surface area contributed by atoms with Crippen LogP contribution in [0.15, 0.2) is 60.7 Å². The molecule has 1 atom stereocenters. The van der Waals surface area contributed by atoms with Gasteiger partial charge in [-0.05, 0) is 66.4 Å². The summed E-state index contributed by atoms with van der Waals surface area (Å²) >= 11 is 0. The monoisotopic (exact) mass is 377 g/mol. The fraction of sp³-hybridized carbons (Fsp3) is 0.292. The van der Waals surface area contributed by atoms with Gasteiger partial charge in [0.1, 0.15) is 18.1 Å². The first-order valence-electron chi connectivity index (χ1n) is 9.69. The van der Waals surface area contributed by atoms with Crippen LogP contribution in [0.25, 0.3) is 10.8 Å². The third kappa shape index (κ3) is 5.26. The largest absolute Gasteiger partial charge is 0.492 e. The lowest BCUT2D eigenvalue weighted by atomic mass is 10.1. The highest BCUT2D eigenvalue weighted by atomic mass is 16.5. The molecule has 0 aliphatic carbocycles. The Labute approximate surface area is 166 Å². The Kier molecular flexibility index (Phi) is 6.53. The number of ether oxygens (including phenoxy) is 2. The van der Waals surface area contributed by atoms with Crippen LogP contribution in [0.2, 0.25) is 0 Å². The molecule has 0 heterocycles. The van der Waals surface area contributed by atoms with Gasteiger partial charge in [0.05, 0.1) is 6.54 Å². The van der Waals surface area contributed by atoms with E-state index in [2.05, 4.69) is 23.5 Å². The average Bonchev–Trinajstić information content (AvgIpc) is 2.68. The van der Waals surface area contributed by atoms with Crippen molar-refractivity contribution in [2.75, 3.05) is 13.2 Å². The van der Waals surface area contributed by atoms with Gasteiger partial charge >= 0.3 is 0 Å². The molecule has 4 nitrogen and oxygen atoms in total. The first-order chi connectivity index (χ1) is 13.5. The number of nitrogens with one attached hydrogen (secondary N) is 1. The van der Waals surface area contributed by atoms with E-state index in [1.54, 1.807) is 0 Å². The summed E-state index contributed by atoms with van der Waals surface area (Å²) in [6, 6.07) is 20.1. The Bertz CT molecular complexity index is 931. The van der Waals surface area contributed by atoms with E-state index in [0.29, 0.717) is 19.6 Å². The SMILES string of the molecule is CC[C@@H](Oc1cc(C)cc(C)c1)C(=O)NCCOc1ccc2ccccc2c1. The van der Waals surface area contributed by atoms with Gasteiger partial charge in [0.15, 0.2) is 6.10 Å². The van der Waals surface area contributed by atoms with Crippen molar-refractivity contribution in [2.45, 2.75) is 33.3 Å². The van der Waals surface area contributed by atoms with E-state index in [9.17, 15) is 4.79 Å². The molecule has 0 saturated carbocycles. The quantitative estimate of drug-likeness (QED) is 0.573. The predicted molar refractivity (Wildman–Crippen MR) is 113 cm³/mol. The minimum atomic E-state index is -0.512. The van der Waals surface area contributed by atoms with E-state index in [-0.39, 0.29) is 5.91 Å². The Morgan fingerprint density at radius 1 is 0.929 bits per heavy atom. The molecular formula is C24H27NO3. The molecule has 4 heteroatoms. The molecule has 0 spiro atoms. The number of carbonyl (C=O) groups excluding carboxylic acids is 1. The van der Waals surface area contributed by atoms with Crippen LogP contribution in [-0.2, 0) is 4.79 Å². The van der Waals surface area contributed by atoms with Crippen molar-refractivity contribution in [1.29, 1.82) is 0 Å². The second-order valence-corrected chi connectivity index (χ2v) is 6.99. The summed E-state index contributed by atoms with van der Waals surface area (Å²) in [5.41, 5.74) is 2.24. The Morgan fingerprint density at radius 3 is 2.36 bits per heavy atom. The molecular weight excluding hydrogens is 350 g/mol. The van der Waals surface area contributed by atoms with Crippen molar-refractivity contribution in [1.82, 2.24) is 5.32 Å². The molecule has 0 aliphatic heterocycles. The van der Waals surface area contributed by atoms with Gasteiger partial charge in [0, 0.05) is 0 Å². The normalized spacial score (nSPS) is 11.8. The molecule has 0 radical (unpaired) electrons. The molecule has 3 aromatic carbocycles. The molecule has 1 amide bonds. The number of fused-ring (bicyclic) bond motifs is 1. The number of aryl methyl sites for hydroxylation is 2. The molecule has 0 aromatic heterocycles. The van der Waals surface area contributed by atoms with Crippen LogP contribution in [0.4, 0.5) is 0 Å². The fourth-order valence-corrected chi connectivity index (χ4v) is 3.20. The van der Waals surface area contributed by atoms with Gasteiger partial charge in [-0.3, -0.25) is 4.79 Å². The standard InChI is InChI=1S/C24H27NO3/c1-4-23(28-22-14-17(2)13-18(3)15-22)24(26)25-11-12-27-21-10-9-19-7-5-6-8-20(19)16-21/h5-10,13-16,23H,4,11-12H2,1-3H3,(H,25,26)/t23-/m1/s1. The summed E-state index contributed by atoms with van der Waals surface area (Å²) in [6.07, 6.45) is 0.0894. The summed E-state index contributed by atoms with van der Waals surface area (Å²) in [7, 11) is 0. The lowest BCUT2D eigenvalue weighted by Gasteiger charge is -2.18. The highest BCUT2D eigenvalue weighted by Gasteiger charge is 2.18. The minimum Gasteiger partial charge on any atom is -0.492 e. The minimum absolute atomic E-state index is 0.122. The molecule has 0 aliphatic rings. The van der Waals surface area contributed by atoms with Crippen molar-refractivity contribution >= 4 is 16.7 Å². The third-order valence-electron chi connectivity index (χ3n) is 4.53.